The molecule has 2 heterocycles. The molecule has 1 unspecified atom stereocenters. The molecule has 4 nitrogen and oxygen atoms in total. The molecule has 1 aromatic heterocycles. The summed E-state index contributed by atoms with van der Waals surface area (Å²) in [4.78, 5) is 12.0. The van der Waals surface area contributed by atoms with Crippen molar-refractivity contribution in [2.75, 3.05) is 16.8 Å². The van der Waals surface area contributed by atoms with Gasteiger partial charge in [0.05, 0.1) is 11.7 Å². The lowest BCUT2D eigenvalue weighted by molar-refractivity contribution is 0.559. The highest BCUT2D eigenvalue weighted by molar-refractivity contribution is 5.60. The van der Waals surface area contributed by atoms with Crippen LogP contribution in [0.15, 0.2) is 48.5 Å². The largest absolute Gasteiger partial charge is 0.349 e. The summed E-state index contributed by atoms with van der Waals surface area (Å²) in [6.07, 6.45) is 2.86. The zero-order chi connectivity index (χ0) is 20.4. The summed E-state index contributed by atoms with van der Waals surface area (Å²) in [5.41, 5.74) is 5.77. The highest BCUT2D eigenvalue weighted by Crippen LogP contribution is 2.37. The maximum Gasteiger partial charge on any atom is 0.229 e. The Morgan fingerprint density at radius 2 is 1.83 bits per heavy atom. The van der Waals surface area contributed by atoms with Crippen LogP contribution in [0, 0.1) is 12.7 Å². The Bertz CT molecular complexity index is 1000. The number of aromatic nitrogens is 2. The van der Waals surface area contributed by atoms with Gasteiger partial charge < -0.3 is 10.2 Å². The molecular formula is C24H27FN4. The molecule has 2 aromatic carbocycles. The number of aryl methyl sites for hydroxylation is 1. The standard InChI is InChI=1S/C24H27FN4/c1-4-21-16(3)23(28-24(27-21)26-19-12-10-18(25)11-13-19)29-15-14-17-8-6-7-9-20(17)22(29)5-2/h6-13,22H,4-5,14-15H2,1-3H3,(H,26,27,28). The Balaban J connectivity index is 1.73. The number of nitrogens with one attached hydrogen (secondary N) is 1. The fourth-order valence-electron chi connectivity index (χ4n) is 4.24. The molecule has 0 radical (unpaired) electrons. The lowest BCUT2D eigenvalue weighted by atomic mass is 9.91. The first-order chi connectivity index (χ1) is 14.1. The summed E-state index contributed by atoms with van der Waals surface area (Å²) in [7, 11) is 0. The van der Waals surface area contributed by atoms with Crippen molar-refractivity contribution in [2.45, 2.75) is 46.1 Å². The van der Waals surface area contributed by atoms with Gasteiger partial charge in [0.25, 0.3) is 0 Å². The maximum atomic E-state index is 13.2. The van der Waals surface area contributed by atoms with Gasteiger partial charge in [-0.25, -0.2) is 9.37 Å². The average molecular weight is 391 g/mol. The Kier molecular flexibility index (Phi) is 5.47. The van der Waals surface area contributed by atoms with Gasteiger partial charge in [-0.2, -0.15) is 4.98 Å². The molecular weight excluding hydrogens is 363 g/mol. The first-order valence-electron chi connectivity index (χ1n) is 10.3. The smallest absolute Gasteiger partial charge is 0.229 e. The number of nitrogens with zero attached hydrogens (tertiary/aromatic N) is 3. The van der Waals surface area contributed by atoms with Crippen LogP contribution in [0.2, 0.25) is 0 Å². The van der Waals surface area contributed by atoms with E-state index in [-0.39, 0.29) is 5.82 Å². The Labute approximate surface area is 171 Å². The van der Waals surface area contributed by atoms with E-state index in [0.29, 0.717) is 12.0 Å². The van der Waals surface area contributed by atoms with Crippen LogP contribution in [-0.2, 0) is 12.8 Å². The molecule has 1 atom stereocenters. The van der Waals surface area contributed by atoms with Gasteiger partial charge in [-0.3, -0.25) is 0 Å². The van der Waals surface area contributed by atoms with Crippen molar-refractivity contribution in [3.63, 3.8) is 0 Å². The summed E-state index contributed by atoms with van der Waals surface area (Å²) in [5, 5.41) is 3.25. The number of rotatable bonds is 5. The van der Waals surface area contributed by atoms with Gasteiger partial charge in [0.2, 0.25) is 5.95 Å². The van der Waals surface area contributed by atoms with Gasteiger partial charge in [0, 0.05) is 17.8 Å². The number of halogens is 1. The number of benzene rings is 2. The van der Waals surface area contributed by atoms with Crippen molar-refractivity contribution in [1.29, 1.82) is 0 Å². The van der Waals surface area contributed by atoms with Crippen molar-refractivity contribution in [3.05, 3.63) is 76.7 Å². The van der Waals surface area contributed by atoms with E-state index >= 15 is 0 Å². The Morgan fingerprint density at radius 3 is 2.55 bits per heavy atom. The molecule has 3 aromatic rings. The molecule has 1 aliphatic heterocycles. The predicted molar refractivity (Wildman–Crippen MR) is 116 cm³/mol. The molecule has 0 fully saturated rings. The van der Waals surface area contributed by atoms with Crippen molar-refractivity contribution in [2.24, 2.45) is 0 Å². The lowest BCUT2D eigenvalue weighted by Crippen LogP contribution is -2.36. The maximum absolute atomic E-state index is 13.2. The highest BCUT2D eigenvalue weighted by atomic mass is 19.1. The van der Waals surface area contributed by atoms with Crippen LogP contribution in [0.4, 0.5) is 21.8 Å². The van der Waals surface area contributed by atoms with Gasteiger partial charge in [0.15, 0.2) is 0 Å². The second-order valence-corrected chi connectivity index (χ2v) is 7.49. The second-order valence-electron chi connectivity index (χ2n) is 7.49. The molecule has 0 saturated carbocycles. The SMILES string of the molecule is CCc1nc(Nc2ccc(F)cc2)nc(N2CCc3ccccc3C2CC)c1C. The lowest BCUT2D eigenvalue weighted by Gasteiger charge is -2.39. The van der Waals surface area contributed by atoms with Crippen LogP contribution in [0.5, 0.6) is 0 Å². The average Bonchev–Trinajstić information content (AvgIpc) is 2.75. The summed E-state index contributed by atoms with van der Waals surface area (Å²) in [6, 6.07) is 15.3. The van der Waals surface area contributed by atoms with Crippen LogP contribution < -0.4 is 10.2 Å². The molecule has 0 aliphatic carbocycles. The van der Waals surface area contributed by atoms with Crippen molar-refractivity contribution in [1.82, 2.24) is 9.97 Å². The van der Waals surface area contributed by atoms with E-state index in [4.69, 9.17) is 9.97 Å². The quantitative estimate of drug-likeness (QED) is 0.603. The summed E-state index contributed by atoms with van der Waals surface area (Å²) in [5.74, 6) is 1.29. The fourth-order valence-corrected chi connectivity index (χ4v) is 4.24. The summed E-state index contributed by atoms with van der Waals surface area (Å²) in [6.45, 7) is 7.40. The third-order valence-corrected chi connectivity index (χ3v) is 5.73. The molecule has 1 N–H and O–H groups in total. The minimum absolute atomic E-state index is 0.256. The van der Waals surface area contributed by atoms with E-state index in [1.807, 2.05) is 0 Å². The molecule has 29 heavy (non-hydrogen) atoms. The van der Waals surface area contributed by atoms with Crippen LogP contribution in [-0.4, -0.2) is 16.5 Å². The van der Waals surface area contributed by atoms with Crippen LogP contribution in [0.1, 0.15) is 48.7 Å². The third-order valence-electron chi connectivity index (χ3n) is 5.73. The van der Waals surface area contributed by atoms with Gasteiger partial charge in [0.1, 0.15) is 11.6 Å². The van der Waals surface area contributed by atoms with Crippen molar-refractivity contribution in [3.8, 4) is 0 Å². The van der Waals surface area contributed by atoms with E-state index in [1.54, 1.807) is 12.1 Å². The van der Waals surface area contributed by atoms with Gasteiger partial charge in [-0.15, -0.1) is 0 Å². The van der Waals surface area contributed by atoms with E-state index < -0.39 is 0 Å². The molecule has 150 valence electrons. The van der Waals surface area contributed by atoms with Gasteiger partial charge in [-0.05, 0) is 61.6 Å². The van der Waals surface area contributed by atoms with Crippen molar-refractivity contribution >= 4 is 17.5 Å². The number of hydrogen-bond acceptors (Lipinski definition) is 4. The summed E-state index contributed by atoms with van der Waals surface area (Å²) < 4.78 is 13.2. The molecule has 0 bridgehead atoms. The minimum atomic E-state index is -0.256. The van der Waals surface area contributed by atoms with Crippen molar-refractivity contribution < 1.29 is 4.39 Å². The van der Waals surface area contributed by atoms with E-state index in [2.05, 4.69) is 55.3 Å². The zero-order valence-corrected chi connectivity index (χ0v) is 17.2. The second kappa shape index (κ2) is 8.19. The van der Waals surface area contributed by atoms with E-state index in [9.17, 15) is 4.39 Å². The molecule has 0 amide bonds. The minimum Gasteiger partial charge on any atom is -0.349 e. The normalized spacial score (nSPS) is 15.9. The van der Waals surface area contributed by atoms with Crippen LogP contribution >= 0.6 is 0 Å². The topological polar surface area (TPSA) is 41.1 Å². The number of anilines is 3. The first kappa shape index (κ1) is 19.4. The third kappa shape index (κ3) is 3.82. The molecule has 0 spiro atoms. The zero-order valence-electron chi connectivity index (χ0n) is 17.2. The Morgan fingerprint density at radius 1 is 1.07 bits per heavy atom. The molecule has 5 heteroatoms. The monoisotopic (exact) mass is 390 g/mol. The predicted octanol–water partition coefficient (Wildman–Crippen LogP) is 5.74. The molecule has 0 saturated heterocycles. The highest BCUT2D eigenvalue weighted by Gasteiger charge is 2.28. The van der Waals surface area contributed by atoms with E-state index in [1.165, 1.54) is 23.3 Å². The van der Waals surface area contributed by atoms with Gasteiger partial charge in [-0.1, -0.05) is 38.1 Å². The Hall–Kier alpha value is -2.95. The fraction of sp³-hybridized carbons (Fsp3) is 0.333. The molecule has 1 aliphatic rings. The van der Waals surface area contributed by atoms with Gasteiger partial charge >= 0.3 is 0 Å². The van der Waals surface area contributed by atoms with E-state index in [0.717, 1.165) is 48.6 Å². The first-order valence-corrected chi connectivity index (χ1v) is 10.3. The molecule has 4 rings (SSSR count). The summed E-state index contributed by atoms with van der Waals surface area (Å²) >= 11 is 0. The number of fused-ring (bicyclic) bond motifs is 1. The van der Waals surface area contributed by atoms with Crippen LogP contribution in [0.25, 0.3) is 0 Å². The van der Waals surface area contributed by atoms with Crippen LogP contribution in [0.3, 0.4) is 0 Å². The number of hydrogen-bond donors (Lipinski definition) is 1.